The van der Waals surface area contributed by atoms with E-state index in [1.165, 1.54) is 29.8 Å². The zero-order valence-corrected chi connectivity index (χ0v) is 12.7. The molecule has 0 saturated heterocycles. The summed E-state index contributed by atoms with van der Waals surface area (Å²) < 4.78 is 15.6. The fourth-order valence-electron chi connectivity index (χ4n) is 3.42. The van der Waals surface area contributed by atoms with E-state index in [4.69, 9.17) is 0 Å². The highest BCUT2D eigenvalue weighted by Crippen LogP contribution is 2.42. The van der Waals surface area contributed by atoms with E-state index in [9.17, 15) is 4.39 Å². The highest BCUT2D eigenvalue weighted by Gasteiger charge is 2.36. The van der Waals surface area contributed by atoms with Crippen LogP contribution in [-0.2, 0) is 0 Å². The van der Waals surface area contributed by atoms with Gasteiger partial charge in [0, 0.05) is 11.7 Å². The second-order valence-corrected chi connectivity index (χ2v) is 6.81. The van der Waals surface area contributed by atoms with Crippen LogP contribution in [0, 0.1) is 17.2 Å². The quantitative estimate of drug-likeness (QED) is 0.937. The predicted octanol–water partition coefficient (Wildman–Crippen LogP) is 3.64. The number of nitrogens with zero attached hydrogens (tertiary/aromatic N) is 3. The molecule has 112 valence electrons. The van der Waals surface area contributed by atoms with Gasteiger partial charge < -0.3 is 5.32 Å². The number of anilines is 1. The molecule has 5 heteroatoms. The van der Waals surface area contributed by atoms with E-state index in [-0.39, 0.29) is 5.82 Å². The molecule has 0 spiro atoms. The van der Waals surface area contributed by atoms with E-state index >= 15 is 0 Å². The van der Waals surface area contributed by atoms with Crippen molar-refractivity contribution >= 4 is 5.69 Å². The summed E-state index contributed by atoms with van der Waals surface area (Å²) in [7, 11) is 0. The van der Waals surface area contributed by atoms with Gasteiger partial charge in [0.1, 0.15) is 18.3 Å². The lowest BCUT2D eigenvalue weighted by atomic mass is 9.91. The van der Waals surface area contributed by atoms with Crippen LogP contribution in [-0.4, -0.2) is 20.8 Å². The van der Waals surface area contributed by atoms with Gasteiger partial charge in [0.25, 0.3) is 0 Å². The number of hydrogen-bond donors (Lipinski definition) is 1. The Morgan fingerprint density at radius 3 is 2.71 bits per heavy atom. The van der Waals surface area contributed by atoms with Crippen LogP contribution in [0.1, 0.15) is 33.6 Å². The Bertz CT molecular complexity index is 621. The molecule has 1 aliphatic carbocycles. The summed E-state index contributed by atoms with van der Waals surface area (Å²) in [6.07, 6.45) is 5.20. The highest BCUT2D eigenvalue weighted by molar-refractivity contribution is 5.50. The number of halogens is 1. The van der Waals surface area contributed by atoms with Crippen LogP contribution in [0.25, 0.3) is 5.69 Å². The summed E-state index contributed by atoms with van der Waals surface area (Å²) >= 11 is 0. The van der Waals surface area contributed by atoms with Crippen LogP contribution in [0.2, 0.25) is 0 Å². The zero-order valence-electron chi connectivity index (χ0n) is 12.7. The smallest absolute Gasteiger partial charge is 0.150 e. The highest BCUT2D eigenvalue weighted by atomic mass is 19.1. The molecule has 0 aliphatic heterocycles. The number of benzene rings is 1. The van der Waals surface area contributed by atoms with Crippen LogP contribution in [0.15, 0.2) is 30.9 Å². The molecule has 0 bridgehead atoms. The first kappa shape index (κ1) is 14.0. The fourth-order valence-corrected chi connectivity index (χ4v) is 3.42. The predicted molar refractivity (Wildman–Crippen MR) is 80.9 cm³/mol. The zero-order chi connectivity index (χ0) is 15.0. The first-order valence-corrected chi connectivity index (χ1v) is 7.36. The van der Waals surface area contributed by atoms with Crippen molar-refractivity contribution in [2.45, 2.75) is 39.7 Å². The molecule has 2 aromatic rings. The summed E-state index contributed by atoms with van der Waals surface area (Å²) in [5.41, 5.74) is 1.60. The van der Waals surface area contributed by atoms with Gasteiger partial charge in [0.05, 0.1) is 0 Å². The first-order chi connectivity index (χ1) is 9.94. The van der Waals surface area contributed by atoms with Crippen molar-refractivity contribution in [1.82, 2.24) is 14.8 Å². The van der Waals surface area contributed by atoms with Gasteiger partial charge in [0.15, 0.2) is 5.82 Å². The van der Waals surface area contributed by atoms with Gasteiger partial charge in [-0.1, -0.05) is 20.8 Å². The number of nitrogens with one attached hydrogen (secondary N) is 1. The van der Waals surface area contributed by atoms with Crippen molar-refractivity contribution < 1.29 is 4.39 Å². The number of hydrogen-bond acceptors (Lipinski definition) is 3. The summed E-state index contributed by atoms with van der Waals surface area (Å²) in [6, 6.07) is 5.57. The fraction of sp³-hybridized carbons (Fsp3) is 0.500. The summed E-state index contributed by atoms with van der Waals surface area (Å²) in [4.78, 5) is 3.84. The largest absolute Gasteiger partial charge is 0.382 e. The second kappa shape index (κ2) is 5.13. The molecule has 21 heavy (non-hydrogen) atoms. The minimum Gasteiger partial charge on any atom is -0.382 e. The average Bonchev–Trinajstić information content (AvgIpc) is 2.98. The van der Waals surface area contributed by atoms with Crippen molar-refractivity contribution in [3.63, 3.8) is 0 Å². The van der Waals surface area contributed by atoms with Crippen molar-refractivity contribution in [3.8, 4) is 5.69 Å². The molecule has 2 atom stereocenters. The third-order valence-electron chi connectivity index (χ3n) is 4.30. The molecule has 1 N–H and O–H groups in total. The van der Waals surface area contributed by atoms with Crippen molar-refractivity contribution in [2.24, 2.45) is 11.3 Å². The van der Waals surface area contributed by atoms with Crippen LogP contribution in [0.3, 0.4) is 0 Å². The Morgan fingerprint density at radius 2 is 2.14 bits per heavy atom. The average molecular weight is 288 g/mol. The van der Waals surface area contributed by atoms with E-state index in [2.05, 4.69) is 36.2 Å². The minimum absolute atomic E-state index is 0.296. The molecule has 1 fully saturated rings. The van der Waals surface area contributed by atoms with Crippen molar-refractivity contribution in [1.29, 1.82) is 0 Å². The first-order valence-electron chi connectivity index (χ1n) is 7.36. The Hall–Kier alpha value is -1.91. The van der Waals surface area contributed by atoms with Crippen LogP contribution < -0.4 is 5.32 Å². The molecule has 3 rings (SSSR count). The number of aromatic nitrogens is 3. The summed E-state index contributed by atoms with van der Waals surface area (Å²) in [6.45, 7) is 6.84. The summed E-state index contributed by atoms with van der Waals surface area (Å²) in [5, 5.41) is 7.43. The van der Waals surface area contributed by atoms with E-state index in [1.54, 1.807) is 6.07 Å². The number of rotatable bonds is 3. The third kappa shape index (κ3) is 2.91. The SMILES string of the molecule is CC1CC(C)(C)CC1Nc1ccc(-n2cncn2)c(F)c1. The van der Waals surface area contributed by atoms with E-state index in [0.29, 0.717) is 23.1 Å². The molecule has 0 radical (unpaired) electrons. The topological polar surface area (TPSA) is 42.7 Å². The van der Waals surface area contributed by atoms with E-state index in [0.717, 1.165) is 12.1 Å². The standard InChI is InChI=1S/C16H21FN4/c1-11-7-16(2,3)8-14(11)20-12-4-5-15(13(17)6-12)21-10-18-9-19-21/h4-6,9-11,14,20H,7-8H2,1-3H3. The lowest BCUT2D eigenvalue weighted by molar-refractivity contribution is 0.366. The van der Waals surface area contributed by atoms with Gasteiger partial charge in [-0.25, -0.2) is 14.1 Å². The molecule has 1 aromatic carbocycles. The molecule has 1 aromatic heterocycles. The van der Waals surface area contributed by atoms with Gasteiger partial charge in [-0.15, -0.1) is 0 Å². The van der Waals surface area contributed by atoms with Gasteiger partial charge >= 0.3 is 0 Å². The Kier molecular flexibility index (Phi) is 3.43. The molecule has 1 aliphatic rings. The normalized spacial score (nSPS) is 24.2. The van der Waals surface area contributed by atoms with Gasteiger partial charge in [-0.05, 0) is 42.4 Å². The molecule has 1 heterocycles. The maximum Gasteiger partial charge on any atom is 0.150 e. The molecule has 4 nitrogen and oxygen atoms in total. The lowest BCUT2D eigenvalue weighted by Gasteiger charge is -2.20. The van der Waals surface area contributed by atoms with Gasteiger partial charge in [-0.2, -0.15) is 5.10 Å². The van der Waals surface area contributed by atoms with Crippen LogP contribution >= 0.6 is 0 Å². The second-order valence-electron chi connectivity index (χ2n) is 6.81. The monoisotopic (exact) mass is 288 g/mol. The Labute approximate surface area is 124 Å². The molecule has 0 amide bonds. The Morgan fingerprint density at radius 1 is 1.33 bits per heavy atom. The van der Waals surface area contributed by atoms with Crippen LogP contribution in [0.4, 0.5) is 10.1 Å². The van der Waals surface area contributed by atoms with Gasteiger partial charge in [-0.3, -0.25) is 0 Å². The van der Waals surface area contributed by atoms with Crippen molar-refractivity contribution in [2.75, 3.05) is 5.32 Å². The molecular formula is C16H21FN4. The molecular weight excluding hydrogens is 267 g/mol. The van der Waals surface area contributed by atoms with E-state index < -0.39 is 0 Å². The molecule has 1 saturated carbocycles. The maximum absolute atomic E-state index is 14.2. The minimum atomic E-state index is -0.296. The van der Waals surface area contributed by atoms with Crippen molar-refractivity contribution in [3.05, 3.63) is 36.7 Å². The lowest BCUT2D eigenvalue weighted by Crippen LogP contribution is -2.22. The van der Waals surface area contributed by atoms with Gasteiger partial charge in [0.2, 0.25) is 0 Å². The summed E-state index contributed by atoms with van der Waals surface area (Å²) in [5.74, 6) is 0.300. The van der Waals surface area contributed by atoms with E-state index in [1.807, 2.05) is 6.07 Å². The van der Waals surface area contributed by atoms with Crippen LogP contribution in [0.5, 0.6) is 0 Å². The maximum atomic E-state index is 14.2. The molecule has 2 unspecified atom stereocenters. The Balaban J connectivity index is 1.77. The third-order valence-corrected chi connectivity index (χ3v) is 4.30.